The van der Waals surface area contributed by atoms with Crippen LogP contribution in [0.25, 0.3) is 5.69 Å². The van der Waals surface area contributed by atoms with E-state index in [9.17, 15) is 9.18 Å². The van der Waals surface area contributed by atoms with Gasteiger partial charge in [-0.25, -0.2) is 9.37 Å². The summed E-state index contributed by atoms with van der Waals surface area (Å²) in [5, 5.41) is 2.88. The predicted octanol–water partition coefficient (Wildman–Crippen LogP) is 4.26. The Kier molecular flexibility index (Phi) is 4.76. The molecule has 0 aliphatic heterocycles. The van der Waals surface area contributed by atoms with Crippen LogP contribution in [0.4, 0.5) is 4.39 Å². The van der Waals surface area contributed by atoms with Gasteiger partial charge in [-0.3, -0.25) is 4.79 Å². The quantitative estimate of drug-likeness (QED) is 0.726. The lowest BCUT2D eigenvalue weighted by Crippen LogP contribution is -2.26. The fourth-order valence-corrected chi connectivity index (χ4v) is 2.86. The number of aromatic nitrogens is 2. The van der Waals surface area contributed by atoms with Gasteiger partial charge in [-0.05, 0) is 42.8 Å². The summed E-state index contributed by atoms with van der Waals surface area (Å²) in [6, 6.07) is 11.7. The molecule has 0 aliphatic rings. The molecule has 24 heavy (non-hydrogen) atoms. The number of rotatable bonds is 4. The molecular formula is C18H15BrFN3O. The van der Waals surface area contributed by atoms with Gasteiger partial charge in [0.2, 0.25) is 0 Å². The van der Waals surface area contributed by atoms with E-state index in [0.29, 0.717) is 4.47 Å². The Labute approximate surface area is 147 Å². The molecule has 0 radical (unpaired) electrons. The standard InChI is InChI=1S/C18H15BrFN3O/c1-12(22-18(24)14-8-15(19)10-16(20)9-14)13-2-4-17(5-3-13)23-7-6-21-11-23/h2-12H,1H3,(H,22,24). The van der Waals surface area contributed by atoms with E-state index in [4.69, 9.17) is 0 Å². The van der Waals surface area contributed by atoms with Gasteiger partial charge in [-0.2, -0.15) is 0 Å². The van der Waals surface area contributed by atoms with Crippen LogP contribution in [0.1, 0.15) is 28.9 Å². The van der Waals surface area contributed by atoms with Crippen molar-refractivity contribution in [2.24, 2.45) is 0 Å². The number of carbonyl (C=O) groups excluding carboxylic acids is 1. The van der Waals surface area contributed by atoms with Crippen molar-refractivity contribution in [3.05, 3.63) is 82.6 Å². The third-order valence-electron chi connectivity index (χ3n) is 3.67. The molecule has 3 aromatic rings. The van der Waals surface area contributed by atoms with Crippen molar-refractivity contribution < 1.29 is 9.18 Å². The summed E-state index contributed by atoms with van der Waals surface area (Å²) in [6.07, 6.45) is 5.30. The Hall–Kier alpha value is -2.47. The number of imidazole rings is 1. The van der Waals surface area contributed by atoms with E-state index in [0.717, 1.165) is 11.3 Å². The first kappa shape index (κ1) is 16.4. The Morgan fingerprint density at radius 1 is 1.25 bits per heavy atom. The van der Waals surface area contributed by atoms with Crippen molar-refractivity contribution >= 4 is 21.8 Å². The van der Waals surface area contributed by atoms with Gasteiger partial charge in [0.25, 0.3) is 5.91 Å². The van der Waals surface area contributed by atoms with Crippen molar-refractivity contribution in [1.29, 1.82) is 0 Å². The van der Waals surface area contributed by atoms with Crippen LogP contribution in [-0.4, -0.2) is 15.5 Å². The first-order valence-corrected chi connectivity index (χ1v) is 8.17. The minimum Gasteiger partial charge on any atom is -0.346 e. The second-order valence-corrected chi connectivity index (χ2v) is 6.33. The highest BCUT2D eigenvalue weighted by Crippen LogP contribution is 2.18. The average molecular weight is 388 g/mol. The zero-order chi connectivity index (χ0) is 17.1. The van der Waals surface area contributed by atoms with E-state index in [-0.39, 0.29) is 17.5 Å². The number of amides is 1. The highest BCUT2D eigenvalue weighted by Gasteiger charge is 2.13. The first-order chi connectivity index (χ1) is 11.5. The van der Waals surface area contributed by atoms with Gasteiger partial charge in [0.1, 0.15) is 5.82 Å². The molecule has 6 heteroatoms. The summed E-state index contributed by atoms with van der Waals surface area (Å²) in [5.74, 6) is -0.770. The molecule has 1 unspecified atom stereocenters. The normalized spacial score (nSPS) is 12.0. The minimum absolute atomic E-state index is 0.198. The zero-order valence-electron chi connectivity index (χ0n) is 12.9. The van der Waals surface area contributed by atoms with Crippen LogP contribution in [0.15, 0.2) is 65.7 Å². The molecule has 0 bridgehead atoms. The largest absolute Gasteiger partial charge is 0.346 e. The van der Waals surface area contributed by atoms with Gasteiger partial charge >= 0.3 is 0 Å². The predicted molar refractivity (Wildman–Crippen MR) is 93.5 cm³/mol. The number of nitrogens with one attached hydrogen (secondary N) is 1. The summed E-state index contributed by atoms with van der Waals surface area (Å²) >= 11 is 3.19. The first-order valence-electron chi connectivity index (χ1n) is 7.38. The second kappa shape index (κ2) is 6.97. The van der Waals surface area contributed by atoms with Gasteiger partial charge in [-0.1, -0.05) is 28.1 Å². The molecule has 4 nitrogen and oxygen atoms in total. The topological polar surface area (TPSA) is 46.9 Å². The van der Waals surface area contributed by atoms with Crippen molar-refractivity contribution in [3.8, 4) is 5.69 Å². The summed E-state index contributed by atoms with van der Waals surface area (Å²) in [6.45, 7) is 1.89. The van der Waals surface area contributed by atoms with Gasteiger partial charge in [0.15, 0.2) is 0 Å². The van der Waals surface area contributed by atoms with E-state index in [1.54, 1.807) is 18.6 Å². The Balaban J connectivity index is 1.72. The van der Waals surface area contributed by atoms with Crippen LogP contribution in [0.3, 0.4) is 0 Å². The van der Waals surface area contributed by atoms with Crippen molar-refractivity contribution in [3.63, 3.8) is 0 Å². The van der Waals surface area contributed by atoms with E-state index in [1.165, 1.54) is 12.1 Å². The fourth-order valence-electron chi connectivity index (χ4n) is 2.40. The number of halogens is 2. The van der Waals surface area contributed by atoms with E-state index in [1.807, 2.05) is 42.0 Å². The highest BCUT2D eigenvalue weighted by molar-refractivity contribution is 9.10. The summed E-state index contributed by atoms with van der Waals surface area (Å²) in [7, 11) is 0. The lowest BCUT2D eigenvalue weighted by molar-refractivity contribution is 0.0939. The molecule has 0 saturated heterocycles. The minimum atomic E-state index is -0.452. The molecule has 1 heterocycles. The van der Waals surface area contributed by atoms with Gasteiger partial charge in [-0.15, -0.1) is 0 Å². The molecule has 3 rings (SSSR count). The molecule has 0 saturated carbocycles. The van der Waals surface area contributed by atoms with Crippen LogP contribution in [0.2, 0.25) is 0 Å². The van der Waals surface area contributed by atoms with Gasteiger partial charge in [0.05, 0.1) is 12.4 Å². The van der Waals surface area contributed by atoms with E-state index in [2.05, 4.69) is 26.2 Å². The van der Waals surface area contributed by atoms with Crippen molar-refractivity contribution in [1.82, 2.24) is 14.9 Å². The second-order valence-electron chi connectivity index (χ2n) is 5.41. The Morgan fingerprint density at radius 3 is 2.62 bits per heavy atom. The van der Waals surface area contributed by atoms with Crippen LogP contribution in [-0.2, 0) is 0 Å². The molecule has 1 atom stereocenters. The highest BCUT2D eigenvalue weighted by atomic mass is 79.9. The van der Waals surface area contributed by atoms with E-state index < -0.39 is 5.82 Å². The molecule has 1 aromatic heterocycles. The maximum atomic E-state index is 13.4. The smallest absolute Gasteiger partial charge is 0.251 e. The molecule has 0 fully saturated rings. The third-order valence-corrected chi connectivity index (χ3v) is 4.13. The Morgan fingerprint density at radius 2 is 2.00 bits per heavy atom. The number of hydrogen-bond donors (Lipinski definition) is 1. The van der Waals surface area contributed by atoms with Crippen LogP contribution in [0, 0.1) is 5.82 Å². The van der Waals surface area contributed by atoms with Crippen molar-refractivity contribution in [2.45, 2.75) is 13.0 Å². The molecule has 0 aliphatic carbocycles. The molecule has 0 spiro atoms. The van der Waals surface area contributed by atoms with E-state index >= 15 is 0 Å². The number of nitrogens with zero attached hydrogens (tertiary/aromatic N) is 2. The third kappa shape index (κ3) is 3.71. The summed E-state index contributed by atoms with van der Waals surface area (Å²) in [4.78, 5) is 16.3. The molecule has 1 amide bonds. The molecule has 1 N–H and O–H groups in total. The Bertz CT molecular complexity index is 827. The number of carbonyl (C=O) groups is 1. The molecule has 122 valence electrons. The lowest BCUT2D eigenvalue weighted by atomic mass is 10.1. The lowest BCUT2D eigenvalue weighted by Gasteiger charge is -2.15. The molecule has 2 aromatic carbocycles. The average Bonchev–Trinajstić information content (AvgIpc) is 3.08. The van der Waals surface area contributed by atoms with Crippen LogP contribution < -0.4 is 5.32 Å². The monoisotopic (exact) mass is 387 g/mol. The SMILES string of the molecule is CC(NC(=O)c1cc(F)cc(Br)c1)c1ccc(-n2ccnc2)cc1. The zero-order valence-corrected chi connectivity index (χ0v) is 14.5. The maximum absolute atomic E-state index is 13.4. The molecular weight excluding hydrogens is 373 g/mol. The van der Waals surface area contributed by atoms with Crippen LogP contribution in [0.5, 0.6) is 0 Å². The maximum Gasteiger partial charge on any atom is 0.251 e. The van der Waals surface area contributed by atoms with Crippen molar-refractivity contribution in [2.75, 3.05) is 0 Å². The summed E-state index contributed by atoms with van der Waals surface area (Å²) < 4.78 is 15.8. The van der Waals surface area contributed by atoms with Gasteiger partial charge < -0.3 is 9.88 Å². The van der Waals surface area contributed by atoms with Gasteiger partial charge in [0, 0.05) is 28.1 Å². The van der Waals surface area contributed by atoms with Crippen LogP contribution >= 0.6 is 15.9 Å². The number of benzene rings is 2. The fraction of sp³-hybridized carbons (Fsp3) is 0.111. The number of hydrogen-bond acceptors (Lipinski definition) is 2. The summed E-state index contributed by atoms with van der Waals surface area (Å²) in [5.41, 5.74) is 2.23.